The molecule has 0 aliphatic carbocycles. The van der Waals surface area contributed by atoms with Crippen molar-refractivity contribution in [2.75, 3.05) is 13.2 Å². The number of ether oxygens (including phenoxy) is 2. The first-order valence-corrected chi connectivity index (χ1v) is 11.2. The first-order valence-electron chi connectivity index (χ1n) is 11.2. The fraction of sp³-hybridized carbons (Fsp3) is 0.222. The molecule has 3 aromatic carbocycles. The zero-order chi connectivity index (χ0) is 25.7. The van der Waals surface area contributed by atoms with Gasteiger partial charge in [0.15, 0.2) is 6.10 Å². The van der Waals surface area contributed by atoms with Crippen LogP contribution < -0.4 is 0 Å². The number of aliphatic hydroxyl groups is 2. The van der Waals surface area contributed by atoms with Crippen LogP contribution in [0, 0.1) is 0 Å². The predicted octanol–water partition coefficient (Wildman–Crippen LogP) is 2.83. The maximum absolute atomic E-state index is 14.0. The highest BCUT2D eigenvalue weighted by molar-refractivity contribution is 5.93. The molecule has 3 atom stereocenters. The monoisotopic (exact) mass is 493 g/mol. The molecule has 0 bridgehead atoms. The molecule has 4 rings (SSSR count). The Labute approximate surface area is 206 Å². The van der Waals surface area contributed by atoms with Gasteiger partial charge in [-0.1, -0.05) is 78.9 Å². The lowest BCUT2D eigenvalue weighted by atomic mass is 9.86. The number of carbonyl (C=O) groups is 3. The maximum atomic E-state index is 14.0. The molecular weight excluding hydrogens is 469 g/mol. The lowest BCUT2D eigenvalue weighted by molar-refractivity contribution is -0.156. The molecule has 8 nitrogen and oxygen atoms in total. The SMILES string of the molecule is O=C(O[C@H]1[C@H](O)CN(C(=O)OC(=O)C(O)(c2ccccc2)c2ccccc2)[C@H]1CF)c1ccccc1. The van der Waals surface area contributed by atoms with Crippen molar-refractivity contribution in [1.82, 2.24) is 4.90 Å². The maximum Gasteiger partial charge on any atom is 0.418 e. The van der Waals surface area contributed by atoms with Gasteiger partial charge in [0.2, 0.25) is 5.60 Å². The molecule has 0 saturated carbocycles. The van der Waals surface area contributed by atoms with E-state index in [-0.39, 0.29) is 16.7 Å². The summed E-state index contributed by atoms with van der Waals surface area (Å²) >= 11 is 0. The van der Waals surface area contributed by atoms with E-state index in [1.165, 1.54) is 36.4 Å². The number of aliphatic hydroxyl groups excluding tert-OH is 1. The number of hydrogen-bond acceptors (Lipinski definition) is 7. The summed E-state index contributed by atoms with van der Waals surface area (Å²) in [5.74, 6) is -2.10. The van der Waals surface area contributed by atoms with Gasteiger partial charge in [0, 0.05) is 0 Å². The van der Waals surface area contributed by atoms with Crippen molar-refractivity contribution >= 4 is 18.0 Å². The third-order valence-corrected chi connectivity index (χ3v) is 6.05. The molecule has 1 aliphatic rings. The molecule has 9 heteroatoms. The summed E-state index contributed by atoms with van der Waals surface area (Å²) < 4.78 is 24.3. The Balaban J connectivity index is 1.54. The molecule has 1 fully saturated rings. The summed E-state index contributed by atoms with van der Waals surface area (Å²) in [6.45, 7) is -1.61. The molecule has 3 aromatic rings. The second kappa shape index (κ2) is 10.7. The second-order valence-electron chi connectivity index (χ2n) is 8.28. The first-order chi connectivity index (χ1) is 17.4. The van der Waals surface area contributed by atoms with Gasteiger partial charge in [0.05, 0.1) is 12.1 Å². The minimum absolute atomic E-state index is 0.159. The molecule has 0 radical (unpaired) electrons. The molecule has 0 unspecified atom stereocenters. The number of hydrogen-bond donors (Lipinski definition) is 2. The van der Waals surface area contributed by atoms with Crippen LogP contribution in [-0.4, -0.2) is 64.6 Å². The van der Waals surface area contributed by atoms with Crippen LogP contribution in [-0.2, 0) is 19.9 Å². The number of likely N-dealkylation sites (tertiary alicyclic amines) is 1. The third-order valence-electron chi connectivity index (χ3n) is 6.05. The van der Waals surface area contributed by atoms with Crippen LogP contribution in [0.2, 0.25) is 0 Å². The summed E-state index contributed by atoms with van der Waals surface area (Å²) in [7, 11) is 0. The van der Waals surface area contributed by atoms with Crippen LogP contribution in [0.3, 0.4) is 0 Å². The Bertz CT molecular complexity index is 1170. The number of benzene rings is 3. The molecule has 0 aromatic heterocycles. The van der Waals surface area contributed by atoms with E-state index in [4.69, 9.17) is 9.47 Å². The van der Waals surface area contributed by atoms with E-state index in [9.17, 15) is 29.0 Å². The van der Waals surface area contributed by atoms with Crippen LogP contribution in [0.5, 0.6) is 0 Å². The molecule has 1 heterocycles. The van der Waals surface area contributed by atoms with Crippen molar-refractivity contribution in [1.29, 1.82) is 0 Å². The molecule has 2 N–H and O–H groups in total. The third kappa shape index (κ3) is 4.84. The van der Waals surface area contributed by atoms with Crippen molar-refractivity contribution < 1.29 is 38.5 Å². The lowest BCUT2D eigenvalue weighted by Gasteiger charge is -2.29. The van der Waals surface area contributed by atoms with Crippen LogP contribution in [0.25, 0.3) is 0 Å². The normalized spacial score (nSPS) is 19.5. The van der Waals surface area contributed by atoms with Gasteiger partial charge in [-0.05, 0) is 23.3 Å². The van der Waals surface area contributed by atoms with Crippen molar-refractivity contribution in [2.45, 2.75) is 23.9 Å². The number of carbonyl (C=O) groups excluding carboxylic acids is 3. The highest BCUT2D eigenvalue weighted by Gasteiger charge is 2.49. The van der Waals surface area contributed by atoms with Crippen molar-refractivity contribution in [2.24, 2.45) is 0 Å². The Morgan fingerprint density at radius 2 is 1.39 bits per heavy atom. The van der Waals surface area contributed by atoms with Gasteiger partial charge in [-0.25, -0.2) is 18.8 Å². The summed E-state index contributed by atoms with van der Waals surface area (Å²) in [6.07, 6.45) is -4.08. The Morgan fingerprint density at radius 1 is 0.889 bits per heavy atom. The van der Waals surface area contributed by atoms with Gasteiger partial charge >= 0.3 is 18.0 Å². The van der Waals surface area contributed by atoms with Gasteiger partial charge in [0.1, 0.15) is 18.8 Å². The van der Waals surface area contributed by atoms with E-state index in [1.807, 2.05) is 0 Å². The molecule has 0 spiro atoms. The second-order valence-corrected chi connectivity index (χ2v) is 8.28. The van der Waals surface area contributed by atoms with Crippen molar-refractivity contribution in [3.63, 3.8) is 0 Å². The summed E-state index contributed by atoms with van der Waals surface area (Å²) in [5.41, 5.74) is -1.82. The average molecular weight is 493 g/mol. The first kappa shape index (κ1) is 25.0. The smallest absolute Gasteiger partial charge is 0.418 e. The van der Waals surface area contributed by atoms with Gasteiger partial charge in [-0.3, -0.25) is 4.90 Å². The van der Waals surface area contributed by atoms with Crippen LogP contribution >= 0.6 is 0 Å². The van der Waals surface area contributed by atoms with E-state index in [0.29, 0.717) is 0 Å². The number of rotatable bonds is 6. The number of β-amino-alcohol motifs (C(OH)–C–C–N with tert-alkyl or cyclic N) is 1. The van der Waals surface area contributed by atoms with E-state index >= 15 is 0 Å². The summed E-state index contributed by atoms with van der Waals surface area (Å²) in [5, 5.41) is 21.9. The number of esters is 2. The van der Waals surface area contributed by atoms with Gasteiger partial charge in [-0.15, -0.1) is 0 Å². The molecule has 186 valence electrons. The number of halogens is 1. The van der Waals surface area contributed by atoms with Crippen molar-refractivity contribution in [3.05, 3.63) is 108 Å². The molecule has 1 amide bonds. The Morgan fingerprint density at radius 3 is 1.89 bits per heavy atom. The Hall–Kier alpha value is -4.08. The van der Waals surface area contributed by atoms with E-state index < -0.39 is 55.1 Å². The van der Waals surface area contributed by atoms with E-state index in [1.54, 1.807) is 54.6 Å². The molecule has 1 saturated heterocycles. The number of nitrogens with zero attached hydrogens (tertiary/aromatic N) is 1. The summed E-state index contributed by atoms with van der Waals surface area (Å²) in [4.78, 5) is 39.3. The number of alkyl halides is 1. The quantitative estimate of drug-likeness (QED) is 0.401. The van der Waals surface area contributed by atoms with Gasteiger partial charge in [0.25, 0.3) is 0 Å². The van der Waals surface area contributed by atoms with E-state index in [0.717, 1.165) is 4.90 Å². The standard InChI is InChI=1S/C27H24FNO7/c28-16-21-23(35-24(31)18-10-4-1-5-11-18)22(30)17-29(21)26(33)36-25(32)27(34,19-12-6-2-7-13-19)20-14-8-3-9-15-20/h1-15,21-23,30,34H,16-17H2/t21-,22+,23+/m0/s1. The largest absolute Gasteiger partial charge is 0.454 e. The Kier molecular flexibility index (Phi) is 7.42. The highest BCUT2D eigenvalue weighted by Crippen LogP contribution is 2.32. The molecule has 1 aliphatic heterocycles. The minimum Gasteiger partial charge on any atom is -0.454 e. The lowest BCUT2D eigenvalue weighted by Crippen LogP contribution is -2.46. The molecule has 36 heavy (non-hydrogen) atoms. The average Bonchev–Trinajstić information content (AvgIpc) is 3.24. The predicted molar refractivity (Wildman–Crippen MR) is 125 cm³/mol. The zero-order valence-electron chi connectivity index (χ0n) is 19.1. The van der Waals surface area contributed by atoms with Gasteiger partial charge < -0.3 is 19.7 Å². The van der Waals surface area contributed by atoms with Crippen LogP contribution in [0.1, 0.15) is 21.5 Å². The van der Waals surface area contributed by atoms with Crippen molar-refractivity contribution in [3.8, 4) is 0 Å². The minimum atomic E-state index is -2.33. The van der Waals surface area contributed by atoms with Gasteiger partial charge in [-0.2, -0.15) is 0 Å². The van der Waals surface area contributed by atoms with Crippen LogP contribution in [0.4, 0.5) is 9.18 Å². The van der Waals surface area contributed by atoms with Crippen LogP contribution in [0.15, 0.2) is 91.0 Å². The summed E-state index contributed by atoms with van der Waals surface area (Å²) in [6, 6.07) is 22.4. The zero-order valence-corrected chi connectivity index (χ0v) is 19.1. The number of amides is 1. The topological polar surface area (TPSA) is 113 Å². The molecular formula is C27H24FNO7. The van der Waals surface area contributed by atoms with E-state index in [2.05, 4.69) is 0 Å². The fourth-order valence-electron chi connectivity index (χ4n) is 4.15. The fourth-order valence-corrected chi connectivity index (χ4v) is 4.15. The highest BCUT2D eigenvalue weighted by atomic mass is 19.1.